The predicted molar refractivity (Wildman–Crippen MR) is 92.3 cm³/mol. The van der Waals surface area contributed by atoms with Crippen molar-refractivity contribution in [2.24, 2.45) is 11.8 Å². The Morgan fingerprint density at radius 1 is 1.12 bits per heavy atom. The normalized spacial score (nSPS) is 24.6. The summed E-state index contributed by atoms with van der Waals surface area (Å²) in [4.78, 5) is 0.363. The van der Waals surface area contributed by atoms with Crippen LogP contribution in [-0.4, -0.2) is 35.6 Å². The minimum Gasteiger partial charge on any atom is -0.241 e. The van der Waals surface area contributed by atoms with Crippen LogP contribution in [-0.2, 0) is 10.0 Å². The molecule has 0 bridgehead atoms. The molecule has 1 aromatic heterocycles. The van der Waals surface area contributed by atoms with E-state index in [1.807, 2.05) is 12.3 Å². The first-order chi connectivity index (χ1) is 11.5. The van der Waals surface area contributed by atoms with Crippen molar-refractivity contribution in [2.45, 2.75) is 24.7 Å². The van der Waals surface area contributed by atoms with Gasteiger partial charge in [-0.1, -0.05) is 11.6 Å². The molecule has 1 aromatic carbocycles. The zero-order valence-electron chi connectivity index (χ0n) is 13.7. The number of nitrogens with zero attached hydrogens (tertiary/aromatic N) is 3. The van der Waals surface area contributed by atoms with E-state index >= 15 is 0 Å². The Balaban J connectivity index is 1.55. The average Bonchev–Trinajstić information content (AvgIpc) is 3.24. The van der Waals surface area contributed by atoms with E-state index in [0.29, 0.717) is 29.8 Å². The van der Waals surface area contributed by atoms with E-state index < -0.39 is 10.0 Å². The first-order valence-corrected chi connectivity index (χ1v) is 9.74. The summed E-state index contributed by atoms with van der Waals surface area (Å²) in [6, 6.07) is 8.80. The summed E-state index contributed by atoms with van der Waals surface area (Å²) in [5.74, 6) is 0.931. The number of aromatic nitrogens is 2. The summed E-state index contributed by atoms with van der Waals surface area (Å²) >= 11 is 0. The Hall–Kier alpha value is -1.92. The standard InChI is InChI=1S/C18H21N3O2S/c1-14-3-4-15-12-20(13-16(15)11-14)24(22,23)18-7-5-17(6-8-18)21-10-2-9-19-21/h2-3,5-10,15-16H,4,11-13H2,1H3/t15-,16+/m1/s1. The van der Waals surface area contributed by atoms with Crippen LogP contribution in [0.3, 0.4) is 0 Å². The van der Waals surface area contributed by atoms with E-state index in [1.165, 1.54) is 5.57 Å². The third kappa shape index (κ3) is 2.70. The van der Waals surface area contributed by atoms with Gasteiger partial charge in [-0.05, 0) is 61.9 Å². The highest BCUT2D eigenvalue weighted by Gasteiger charge is 2.39. The molecule has 1 saturated heterocycles. The van der Waals surface area contributed by atoms with Crippen molar-refractivity contribution < 1.29 is 8.42 Å². The highest BCUT2D eigenvalue weighted by atomic mass is 32.2. The van der Waals surface area contributed by atoms with Crippen LogP contribution >= 0.6 is 0 Å². The largest absolute Gasteiger partial charge is 0.243 e. The van der Waals surface area contributed by atoms with Crippen LogP contribution in [0.1, 0.15) is 19.8 Å². The highest BCUT2D eigenvalue weighted by molar-refractivity contribution is 7.89. The fraction of sp³-hybridized carbons (Fsp3) is 0.389. The maximum atomic E-state index is 12.9. The van der Waals surface area contributed by atoms with Gasteiger partial charge < -0.3 is 0 Å². The van der Waals surface area contributed by atoms with E-state index in [1.54, 1.807) is 39.4 Å². The van der Waals surface area contributed by atoms with E-state index in [4.69, 9.17) is 0 Å². The Labute approximate surface area is 142 Å². The molecule has 0 unspecified atom stereocenters. The van der Waals surface area contributed by atoms with E-state index in [2.05, 4.69) is 18.1 Å². The van der Waals surface area contributed by atoms with E-state index in [0.717, 1.165) is 18.5 Å². The van der Waals surface area contributed by atoms with E-state index in [9.17, 15) is 8.42 Å². The predicted octanol–water partition coefficient (Wildman–Crippen LogP) is 2.85. The number of hydrogen-bond donors (Lipinski definition) is 0. The molecule has 4 rings (SSSR count). The van der Waals surface area contributed by atoms with Crippen LogP contribution < -0.4 is 0 Å². The summed E-state index contributed by atoms with van der Waals surface area (Å²) in [6.45, 7) is 3.41. The Bertz CT molecular complexity index is 854. The van der Waals surface area contributed by atoms with Crippen molar-refractivity contribution in [3.05, 3.63) is 54.4 Å². The van der Waals surface area contributed by atoms with Gasteiger partial charge in [0.05, 0.1) is 10.6 Å². The third-order valence-electron chi connectivity index (χ3n) is 5.14. The lowest BCUT2D eigenvalue weighted by atomic mass is 9.83. The minimum atomic E-state index is -3.42. The lowest BCUT2D eigenvalue weighted by Crippen LogP contribution is -2.29. The first-order valence-electron chi connectivity index (χ1n) is 8.30. The fourth-order valence-electron chi connectivity index (χ4n) is 3.78. The van der Waals surface area contributed by atoms with Crippen molar-refractivity contribution in [2.75, 3.05) is 13.1 Å². The zero-order chi connectivity index (χ0) is 16.7. The maximum absolute atomic E-state index is 12.9. The molecule has 6 heteroatoms. The molecule has 0 radical (unpaired) electrons. The smallest absolute Gasteiger partial charge is 0.241 e. The van der Waals surface area contributed by atoms with E-state index in [-0.39, 0.29) is 0 Å². The van der Waals surface area contributed by atoms with Gasteiger partial charge in [0, 0.05) is 25.5 Å². The Morgan fingerprint density at radius 2 is 1.88 bits per heavy atom. The molecule has 0 amide bonds. The van der Waals surface area contributed by atoms with Gasteiger partial charge in [0.15, 0.2) is 0 Å². The Morgan fingerprint density at radius 3 is 2.58 bits per heavy atom. The van der Waals surface area contributed by atoms with Gasteiger partial charge >= 0.3 is 0 Å². The molecule has 2 heterocycles. The van der Waals surface area contributed by atoms with Crippen LogP contribution in [0.15, 0.2) is 59.3 Å². The quantitative estimate of drug-likeness (QED) is 0.805. The second-order valence-corrected chi connectivity index (χ2v) is 8.71. The molecule has 2 aliphatic rings. The number of sulfonamides is 1. The minimum absolute atomic E-state index is 0.363. The molecule has 0 N–H and O–H groups in total. The molecule has 2 atom stereocenters. The van der Waals surface area contributed by atoms with Gasteiger partial charge in [-0.25, -0.2) is 13.1 Å². The summed E-state index contributed by atoms with van der Waals surface area (Å²) in [5, 5.41) is 4.16. The molecular formula is C18H21N3O2S. The van der Waals surface area contributed by atoms with Gasteiger partial charge in [-0.3, -0.25) is 0 Å². The van der Waals surface area contributed by atoms with Crippen molar-refractivity contribution in [3.63, 3.8) is 0 Å². The molecule has 5 nitrogen and oxygen atoms in total. The molecule has 2 aromatic rings. The number of rotatable bonds is 3. The number of hydrogen-bond acceptors (Lipinski definition) is 3. The molecule has 126 valence electrons. The lowest BCUT2D eigenvalue weighted by Gasteiger charge is -2.22. The van der Waals surface area contributed by atoms with Gasteiger partial charge in [0.2, 0.25) is 10.0 Å². The summed E-state index contributed by atoms with van der Waals surface area (Å²) < 4.78 is 29.3. The molecule has 1 fully saturated rings. The molecule has 0 spiro atoms. The highest BCUT2D eigenvalue weighted by Crippen LogP contribution is 2.37. The number of benzene rings is 1. The summed E-state index contributed by atoms with van der Waals surface area (Å²) in [6.07, 6.45) is 7.82. The van der Waals surface area contributed by atoms with Crippen LogP contribution in [0, 0.1) is 11.8 Å². The Kier molecular flexibility index (Phi) is 3.81. The van der Waals surface area contributed by atoms with Crippen LogP contribution in [0.4, 0.5) is 0 Å². The second-order valence-electron chi connectivity index (χ2n) is 6.78. The third-order valence-corrected chi connectivity index (χ3v) is 6.99. The van der Waals surface area contributed by atoms with Crippen LogP contribution in [0.2, 0.25) is 0 Å². The SMILES string of the molecule is CC1=CC[C@@H]2CN(S(=O)(=O)c3ccc(-n4cccn4)cc3)C[C@@H]2C1. The molecule has 1 aliphatic heterocycles. The van der Waals surface area contributed by atoms with Crippen LogP contribution in [0.25, 0.3) is 5.69 Å². The van der Waals surface area contributed by atoms with Gasteiger partial charge in [-0.15, -0.1) is 0 Å². The van der Waals surface area contributed by atoms with Gasteiger partial charge in [0.25, 0.3) is 0 Å². The number of allylic oxidation sites excluding steroid dienone is 2. The molecule has 0 saturated carbocycles. The van der Waals surface area contributed by atoms with Crippen LogP contribution in [0.5, 0.6) is 0 Å². The van der Waals surface area contributed by atoms with Crippen molar-refractivity contribution >= 4 is 10.0 Å². The fourth-order valence-corrected chi connectivity index (χ4v) is 5.33. The molecular weight excluding hydrogens is 322 g/mol. The molecule has 1 aliphatic carbocycles. The topological polar surface area (TPSA) is 55.2 Å². The maximum Gasteiger partial charge on any atom is 0.243 e. The van der Waals surface area contributed by atoms with Crippen molar-refractivity contribution in [3.8, 4) is 5.69 Å². The molecule has 24 heavy (non-hydrogen) atoms. The lowest BCUT2D eigenvalue weighted by molar-refractivity contribution is 0.400. The zero-order valence-corrected chi connectivity index (χ0v) is 14.5. The van der Waals surface area contributed by atoms with Gasteiger partial charge in [0.1, 0.15) is 0 Å². The summed E-state index contributed by atoms with van der Waals surface area (Å²) in [5.41, 5.74) is 2.24. The summed E-state index contributed by atoms with van der Waals surface area (Å²) in [7, 11) is -3.42. The number of fused-ring (bicyclic) bond motifs is 1. The van der Waals surface area contributed by atoms with Crippen molar-refractivity contribution in [1.82, 2.24) is 14.1 Å². The van der Waals surface area contributed by atoms with Gasteiger partial charge in [-0.2, -0.15) is 9.40 Å². The average molecular weight is 343 g/mol. The monoisotopic (exact) mass is 343 g/mol. The van der Waals surface area contributed by atoms with Crippen molar-refractivity contribution in [1.29, 1.82) is 0 Å². The first kappa shape index (κ1) is 15.6. The second kappa shape index (κ2) is 5.86.